The molecular formula is C11H14N2S. The van der Waals surface area contributed by atoms with Crippen molar-refractivity contribution in [2.45, 2.75) is 20.3 Å². The number of fused-ring (bicyclic) bond motifs is 1. The minimum absolute atomic E-state index is 0.678. The molecule has 1 aromatic carbocycles. The molecule has 0 saturated carbocycles. The fourth-order valence-corrected chi connectivity index (χ4v) is 2.52. The van der Waals surface area contributed by atoms with Crippen LogP contribution in [-0.4, -0.2) is 11.5 Å². The molecule has 2 aromatic rings. The van der Waals surface area contributed by atoms with Crippen LogP contribution >= 0.6 is 11.3 Å². The lowest BCUT2D eigenvalue weighted by molar-refractivity contribution is 0.958. The number of hydrogen-bond acceptors (Lipinski definition) is 3. The maximum absolute atomic E-state index is 5.51. The molecule has 0 saturated heterocycles. The Morgan fingerprint density at radius 2 is 2.00 bits per heavy atom. The van der Waals surface area contributed by atoms with E-state index in [1.54, 1.807) is 11.3 Å². The number of nitrogens with zero attached hydrogens (tertiary/aromatic N) is 1. The van der Waals surface area contributed by atoms with Gasteiger partial charge in [-0.05, 0) is 43.7 Å². The zero-order valence-electron chi connectivity index (χ0n) is 8.50. The Morgan fingerprint density at radius 1 is 1.29 bits per heavy atom. The molecular weight excluding hydrogens is 192 g/mol. The summed E-state index contributed by atoms with van der Waals surface area (Å²) in [5, 5.41) is 1.15. The van der Waals surface area contributed by atoms with Crippen LogP contribution in [0, 0.1) is 13.8 Å². The van der Waals surface area contributed by atoms with E-state index in [4.69, 9.17) is 5.73 Å². The topological polar surface area (TPSA) is 38.9 Å². The summed E-state index contributed by atoms with van der Waals surface area (Å²) in [6.07, 6.45) is 0.886. The molecule has 3 heteroatoms. The van der Waals surface area contributed by atoms with E-state index in [2.05, 4.69) is 31.0 Å². The zero-order valence-corrected chi connectivity index (χ0v) is 9.32. The lowest BCUT2D eigenvalue weighted by atomic mass is 10.1. The van der Waals surface area contributed by atoms with Crippen molar-refractivity contribution in [1.29, 1.82) is 0 Å². The SMILES string of the molecule is Cc1cc2nc(CCN)sc2cc1C. The lowest BCUT2D eigenvalue weighted by Crippen LogP contribution is -2.01. The lowest BCUT2D eigenvalue weighted by Gasteiger charge is -1.97. The Bertz CT molecular complexity index is 421. The van der Waals surface area contributed by atoms with Crippen LogP contribution in [0.4, 0.5) is 0 Å². The van der Waals surface area contributed by atoms with Crippen LogP contribution in [0.25, 0.3) is 10.2 Å². The average Bonchev–Trinajstić information content (AvgIpc) is 2.48. The molecule has 14 heavy (non-hydrogen) atoms. The monoisotopic (exact) mass is 206 g/mol. The van der Waals surface area contributed by atoms with Crippen molar-refractivity contribution < 1.29 is 0 Å². The minimum atomic E-state index is 0.678. The van der Waals surface area contributed by atoms with E-state index in [1.807, 2.05) is 0 Å². The van der Waals surface area contributed by atoms with Crippen LogP contribution < -0.4 is 5.73 Å². The highest BCUT2D eigenvalue weighted by atomic mass is 32.1. The summed E-state index contributed by atoms with van der Waals surface area (Å²) in [7, 11) is 0. The normalized spacial score (nSPS) is 11.1. The smallest absolute Gasteiger partial charge is 0.0951 e. The fraction of sp³-hybridized carbons (Fsp3) is 0.364. The van der Waals surface area contributed by atoms with E-state index in [1.165, 1.54) is 15.8 Å². The number of benzene rings is 1. The van der Waals surface area contributed by atoms with Crippen LogP contribution in [0.1, 0.15) is 16.1 Å². The highest BCUT2D eigenvalue weighted by Crippen LogP contribution is 2.25. The highest BCUT2D eigenvalue weighted by Gasteiger charge is 2.04. The number of hydrogen-bond donors (Lipinski definition) is 1. The second-order valence-corrected chi connectivity index (χ2v) is 4.67. The van der Waals surface area contributed by atoms with E-state index in [0.717, 1.165) is 16.9 Å². The molecule has 1 heterocycles. The van der Waals surface area contributed by atoms with E-state index >= 15 is 0 Å². The summed E-state index contributed by atoms with van der Waals surface area (Å²) in [5.74, 6) is 0. The first-order valence-corrected chi connectivity index (χ1v) is 5.59. The van der Waals surface area contributed by atoms with Crippen LogP contribution in [-0.2, 0) is 6.42 Å². The van der Waals surface area contributed by atoms with Gasteiger partial charge in [0, 0.05) is 6.42 Å². The van der Waals surface area contributed by atoms with Gasteiger partial charge in [-0.15, -0.1) is 11.3 Å². The third-order valence-electron chi connectivity index (χ3n) is 2.41. The molecule has 0 amide bonds. The summed E-state index contributed by atoms with van der Waals surface area (Å²) in [4.78, 5) is 4.54. The molecule has 0 atom stereocenters. The molecule has 2 rings (SSSR count). The molecule has 0 bridgehead atoms. The molecule has 2 N–H and O–H groups in total. The molecule has 74 valence electrons. The molecule has 0 aliphatic carbocycles. The average molecular weight is 206 g/mol. The van der Waals surface area contributed by atoms with Gasteiger partial charge in [-0.3, -0.25) is 0 Å². The van der Waals surface area contributed by atoms with Gasteiger partial charge < -0.3 is 5.73 Å². The Kier molecular flexibility index (Phi) is 2.52. The maximum Gasteiger partial charge on any atom is 0.0951 e. The summed E-state index contributed by atoms with van der Waals surface area (Å²) >= 11 is 1.75. The van der Waals surface area contributed by atoms with Crippen molar-refractivity contribution in [3.63, 3.8) is 0 Å². The van der Waals surface area contributed by atoms with E-state index in [0.29, 0.717) is 6.54 Å². The Balaban J connectivity index is 2.54. The molecule has 2 nitrogen and oxygen atoms in total. The van der Waals surface area contributed by atoms with Gasteiger partial charge in [0.25, 0.3) is 0 Å². The number of thiazole rings is 1. The van der Waals surface area contributed by atoms with Crippen LogP contribution in [0.2, 0.25) is 0 Å². The van der Waals surface area contributed by atoms with Gasteiger partial charge in [-0.2, -0.15) is 0 Å². The standard InChI is InChI=1S/C11H14N2S/c1-7-5-9-10(6-8(7)2)14-11(13-9)3-4-12/h5-6H,3-4,12H2,1-2H3. The molecule has 1 aromatic heterocycles. The number of aryl methyl sites for hydroxylation is 2. The third-order valence-corrected chi connectivity index (χ3v) is 3.48. The summed E-state index contributed by atoms with van der Waals surface area (Å²) in [6, 6.07) is 4.36. The first-order chi connectivity index (χ1) is 6.70. The van der Waals surface area contributed by atoms with Crippen LogP contribution in [0.3, 0.4) is 0 Å². The number of aromatic nitrogens is 1. The molecule has 0 radical (unpaired) electrons. The van der Waals surface area contributed by atoms with Gasteiger partial charge in [0.15, 0.2) is 0 Å². The summed E-state index contributed by atoms with van der Waals surface area (Å²) in [5.41, 5.74) is 9.26. The van der Waals surface area contributed by atoms with Gasteiger partial charge in [-0.25, -0.2) is 4.98 Å². The van der Waals surface area contributed by atoms with Crippen molar-refractivity contribution in [2.75, 3.05) is 6.54 Å². The van der Waals surface area contributed by atoms with Crippen molar-refractivity contribution in [3.05, 3.63) is 28.3 Å². The summed E-state index contributed by atoms with van der Waals surface area (Å²) < 4.78 is 1.27. The molecule has 0 aliphatic heterocycles. The molecule has 0 fully saturated rings. The number of rotatable bonds is 2. The van der Waals surface area contributed by atoms with Crippen molar-refractivity contribution in [2.24, 2.45) is 5.73 Å². The fourth-order valence-electron chi connectivity index (χ4n) is 1.46. The van der Waals surface area contributed by atoms with E-state index in [-0.39, 0.29) is 0 Å². The third kappa shape index (κ3) is 1.65. The van der Waals surface area contributed by atoms with Gasteiger partial charge in [-0.1, -0.05) is 0 Å². The summed E-state index contributed by atoms with van der Waals surface area (Å²) in [6.45, 7) is 4.94. The molecule has 0 aliphatic rings. The second kappa shape index (κ2) is 3.67. The molecule has 0 spiro atoms. The predicted octanol–water partition coefficient (Wildman–Crippen LogP) is 2.41. The predicted molar refractivity (Wildman–Crippen MR) is 61.9 cm³/mol. The highest BCUT2D eigenvalue weighted by molar-refractivity contribution is 7.18. The Hall–Kier alpha value is -0.930. The minimum Gasteiger partial charge on any atom is -0.330 e. The van der Waals surface area contributed by atoms with Crippen LogP contribution in [0.5, 0.6) is 0 Å². The van der Waals surface area contributed by atoms with E-state index < -0.39 is 0 Å². The van der Waals surface area contributed by atoms with Crippen LogP contribution in [0.15, 0.2) is 12.1 Å². The van der Waals surface area contributed by atoms with Crippen molar-refractivity contribution in [1.82, 2.24) is 4.98 Å². The van der Waals surface area contributed by atoms with Gasteiger partial charge in [0.05, 0.1) is 15.2 Å². The molecule has 0 unspecified atom stereocenters. The second-order valence-electron chi connectivity index (χ2n) is 3.55. The van der Waals surface area contributed by atoms with E-state index in [9.17, 15) is 0 Å². The Morgan fingerprint density at radius 3 is 2.71 bits per heavy atom. The van der Waals surface area contributed by atoms with Crippen molar-refractivity contribution >= 4 is 21.6 Å². The van der Waals surface area contributed by atoms with Gasteiger partial charge >= 0.3 is 0 Å². The maximum atomic E-state index is 5.51. The van der Waals surface area contributed by atoms with Gasteiger partial charge in [0.2, 0.25) is 0 Å². The van der Waals surface area contributed by atoms with Crippen molar-refractivity contribution in [3.8, 4) is 0 Å². The Labute approximate surface area is 87.8 Å². The first-order valence-electron chi connectivity index (χ1n) is 4.77. The zero-order chi connectivity index (χ0) is 10.1. The number of nitrogens with two attached hydrogens (primary N) is 1. The van der Waals surface area contributed by atoms with Gasteiger partial charge in [0.1, 0.15) is 0 Å². The largest absolute Gasteiger partial charge is 0.330 e. The first kappa shape index (κ1) is 9.62. The quantitative estimate of drug-likeness (QED) is 0.819.